The molecule has 0 unspecified atom stereocenters. The fraction of sp³-hybridized carbons (Fsp3) is 0.197. The van der Waals surface area contributed by atoms with Crippen LogP contribution in [-0.4, -0.2) is 138 Å². The van der Waals surface area contributed by atoms with E-state index < -0.39 is 84.2 Å². The Morgan fingerprint density at radius 1 is 0.543 bits per heavy atom. The van der Waals surface area contributed by atoms with Crippen LogP contribution in [0.1, 0.15) is 76.3 Å². The number of nitrogens with zero attached hydrogens (tertiary/aromatic N) is 4. The number of amides is 7. The topological polar surface area (TPSA) is 362 Å². The van der Waals surface area contributed by atoms with Gasteiger partial charge in [0.2, 0.25) is 17.8 Å². The van der Waals surface area contributed by atoms with Gasteiger partial charge in [0.15, 0.2) is 5.96 Å². The fourth-order valence-electron chi connectivity index (χ4n) is 8.56. The number of hydrogen-bond donors (Lipinski definition) is 9. The molecule has 0 fully saturated rings. The normalized spacial score (nSPS) is 11.6. The summed E-state index contributed by atoms with van der Waals surface area (Å²) in [6.45, 7) is 3.37. The molecule has 7 aromatic carbocycles. The molecule has 28 heteroatoms. The zero-order chi connectivity index (χ0) is 68.8. The number of carboxylic acid groups (broad SMARTS) is 1. The van der Waals surface area contributed by atoms with Crippen LogP contribution in [0.3, 0.4) is 0 Å². The Hall–Kier alpha value is -10.5. The molecule has 94 heavy (non-hydrogen) atoms. The molecule has 7 aromatic rings. The maximum atomic E-state index is 13.5. The van der Waals surface area contributed by atoms with Crippen molar-refractivity contribution >= 4 is 123 Å². The van der Waals surface area contributed by atoms with E-state index in [0.717, 1.165) is 20.9 Å². The Labute approximate surface area is 569 Å². The average Bonchev–Trinajstić information content (AvgIpc) is 0.814. The number of alkyl carbamates (subject to hydrolysis) is 1. The predicted octanol–water partition coefficient (Wildman–Crippen LogP) is 9.97. The van der Waals surface area contributed by atoms with Gasteiger partial charge in [-0.15, -0.1) is 0 Å². The van der Waals surface area contributed by atoms with Crippen molar-refractivity contribution in [1.82, 2.24) is 36.4 Å². The number of ether oxygens (including phenoxy) is 2. The van der Waals surface area contributed by atoms with Gasteiger partial charge in [0.1, 0.15) is 24.3 Å². The number of halogens is 4. The number of carbonyl (C=O) groups is 9. The number of likely N-dealkylation sites (N-methyl/N-ethyl adjacent to an activating group) is 2. The number of carbonyl (C=O) groups excluding carboxylic acids is 8. The minimum atomic E-state index is -1.50. The minimum absolute atomic E-state index is 0. The number of carboxylic acids is 1. The van der Waals surface area contributed by atoms with E-state index in [9.17, 15) is 48.3 Å². The van der Waals surface area contributed by atoms with E-state index in [0.29, 0.717) is 22.4 Å². The number of nitrogens with two attached hydrogens (primary N) is 3. The molecule has 0 radical (unpaired) electrons. The molecular weight excluding hydrogens is 1290 g/mol. The highest BCUT2D eigenvalue weighted by Crippen LogP contribution is 2.34. The Kier molecular flexibility index (Phi) is 26.4. The molecular formula is C66H78Cl4N12O12. The summed E-state index contributed by atoms with van der Waals surface area (Å²) in [5, 5.41) is 22.0. The summed E-state index contributed by atoms with van der Waals surface area (Å²) in [4.78, 5) is 125. The van der Waals surface area contributed by atoms with E-state index in [2.05, 4.69) is 36.6 Å². The van der Waals surface area contributed by atoms with Crippen LogP contribution in [0.4, 0.5) is 16.2 Å². The summed E-state index contributed by atoms with van der Waals surface area (Å²) in [6, 6.07) is 43.1. The highest BCUT2D eigenvalue weighted by molar-refractivity contribution is 6.41. The van der Waals surface area contributed by atoms with Crippen molar-refractivity contribution in [2.75, 3.05) is 40.3 Å². The Morgan fingerprint density at radius 3 is 1.36 bits per heavy atom. The van der Waals surface area contributed by atoms with Gasteiger partial charge in [-0.05, 0) is 109 Å². The van der Waals surface area contributed by atoms with E-state index in [4.69, 9.17) is 73.1 Å². The molecule has 0 saturated heterocycles. The first-order valence-corrected chi connectivity index (χ1v) is 29.9. The van der Waals surface area contributed by atoms with Crippen LogP contribution in [0.2, 0.25) is 20.1 Å². The quantitative estimate of drug-likeness (QED) is 0.0173. The molecule has 7 rings (SSSR count). The lowest BCUT2D eigenvalue weighted by atomic mass is 10.0. The highest BCUT2D eigenvalue weighted by Gasteiger charge is 2.29. The molecule has 0 aliphatic heterocycles. The first-order chi connectivity index (χ1) is 44.5. The number of hydrogen-bond acceptors (Lipinski definition) is 13. The first kappa shape index (κ1) is 72.5. The summed E-state index contributed by atoms with van der Waals surface area (Å²) in [5.74, 6) is -6.56. The Balaban J connectivity index is 0.00000192. The van der Waals surface area contributed by atoms with Crippen molar-refractivity contribution in [3.05, 3.63) is 212 Å². The molecule has 2 atom stereocenters. The Morgan fingerprint density at radius 2 is 0.947 bits per heavy atom. The number of esters is 1. The van der Waals surface area contributed by atoms with Crippen LogP contribution in [-0.2, 0) is 35.3 Å². The summed E-state index contributed by atoms with van der Waals surface area (Å²) in [6.07, 6.45) is -0.793. The van der Waals surface area contributed by atoms with Gasteiger partial charge < -0.3 is 62.8 Å². The van der Waals surface area contributed by atoms with Gasteiger partial charge in [0.25, 0.3) is 23.6 Å². The van der Waals surface area contributed by atoms with Crippen LogP contribution in [0.15, 0.2) is 174 Å². The van der Waals surface area contributed by atoms with Crippen molar-refractivity contribution in [3.63, 3.8) is 0 Å². The van der Waals surface area contributed by atoms with Crippen molar-refractivity contribution < 1.29 is 66.3 Å². The summed E-state index contributed by atoms with van der Waals surface area (Å²) in [7, 11) is 2.81. The average molecular weight is 1370 g/mol. The molecule has 0 aromatic heterocycles. The zero-order valence-electron chi connectivity index (χ0n) is 51.2. The maximum absolute atomic E-state index is 13.5. The first-order valence-electron chi connectivity index (χ1n) is 28.4. The molecule has 0 spiro atoms. The SMILES string of the molecule is CN(CC(=O)NC[C@H](NC(=O)c1c(Cl)cc(-c2ccccc2)cc1Cl)C(=O)O)C(=O)c1cccc(N=C(N)N)c1.CN(CC(=O)NC[C@H](NC(=O)c1c(Cl)cc(-c2ccccc2)cc1Cl)C(=O)OCc1ccccc1)C(=O)c1cccc(N=C(N)NC(=O)OC(C)(C)C)c1.[HH].[HH].[HH].[HH].[HH].[HH]. The van der Waals surface area contributed by atoms with Gasteiger partial charge in [-0.1, -0.05) is 150 Å². The molecule has 502 valence electrons. The van der Waals surface area contributed by atoms with Gasteiger partial charge >= 0.3 is 18.0 Å². The number of benzene rings is 7. The number of rotatable bonds is 22. The molecule has 0 heterocycles. The molecule has 12 N–H and O–H groups in total. The Bertz CT molecular complexity index is 3970. The predicted molar refractivity (Wildman–Crippen MR) is 372 cm³/mol. The molecule has 0 bridgehead atoms. The zero-order valence-corrected chi connectivity index (χ0v) is 54.3. The van der Waals surface area contributed by atoms with E-state index >= 15 is 0 Å². The molecule has 0 aliphatic rings. The second kappa shape index (κ2) is 34.2. The molecule has 7 amide bonds. The molecule has 0 aliphatic carbocycles. The second-order valence-corrected chi connectivity index (χ2v) is 23.2. The van der Waals surface area contributed by atoms with Crippen LogP contribution < -0.4 is 43.8 Å². The lowest BCUT2D eigenvalue weighted by Crippen LogP contribution is -2.50. The van der Waals surface area contributed by atoms with Crippen LogP contribution in [0.25, 0.3) is 22.3 Å². The van der Waals surface area contributed by atoms with Gasteiger partial charge in [-0.2, -0.15) is 0 Å². The van der Waals surface area contributed by atoms with Gasteiger partial charge in [-0.3, -0.25) is 34.1 Å². The van der Waals surface area contributed by atoms with Crippen LogP contribution in [0, 0.1) is 0 Å². The lowest BCUT2D eigenvalue weighted by Gasteiger charge is -2.21. The van der Waals surface area contributed by atoms with Crippen LogP contribution >= 0.6 is 46.4 Å². The number of aliphatic imine (C=N–C) groups is 2. The number of guanidine groups is 2. The smallest absolute Gasteiger partial charge is 0.414 e. The second-order valence-electron chi connectivity index (χ2n) is 21.5. The standard InChI is InChI=1S/C39H40Cl2N6O7.C27H26Cl2N6O5.6H2/c1-39(2,3)54-38(52)46-37(42)44-28-17-11-16-26(18-28)35(50)47(4)22-32(48)43-21-31(36(51)53-23-24-12-7-5-8-13-24)45-34(49)33-29(40)19-27(20-30(33)41)25-14-9-6-10-15-25;1-35(25(38)16-8-5-9-18(10-16)33-27(30)31)14-22(36)32-13-21(26(39)40)34-24(37)23-19(28)11-17(12-20(23)29)15-6-3-2-4-7-15;;;;;;/h5-20,31H,21-23H2,1-4H3,(H,43,48)(H,45,49)(H3,42,44,46,52);2-12,21H,13-14H2,1H3,(H,32,36)(H,34,37)(H,39,40)(H4,30,31,33);6*1H/t31-;21-;;;;;;/m00....../s1. The van der Waals surface area contributed by atoms with Crippen molar-refractivity contribution in [2.45, 2.75) is 45.1 Å². The fourth-order valence-corrected chi connectivity index (χ4v) is 9.88. The number of nitrogens with one attached hydrogen (secondary N) is 5. The van der Waals surface area contributed by atoms with E-state index in [1.54, 1.807) is 93.6 Å². The third kappa shape index (κ3) is 22.4. The molecule has 0 saturated carbocycles. The van der Waals surface area contributed by atoms with E-state index in [1.165, 1.54) is 38.4 Å². The van der Waals surface area contributed by atoms with Gasteiger partial charge in [0, 0.05) is 46.9 Å². The van der Waals surface area contributed by atoms with Crippen molar-refractivity contribution in [3.8, 4) is 22.3 Å². The highest BCUT2D eigenvalue weighted by atomic mass is 35.5. The summed E-state index contributed by atoms with van der Waals surface area (Å²) >= 11 is 25.7. The van der Waals surface area contributed by atoms with E-state index in [-0.39, 0.29) is 88.2 Å². The van der Waals surface area contributed by atoms with Crippen molar-refractivity contribution in [2.24, 2.45) is 27.2 Å². The number of aliphatic carboxylic acids is 1. The maximum Gasteiger partial charge on any atom is 0.414 e. The minimum Gasteiger partial charge on any atom is -0.480 e. The third-order valence-corrected chi connectivity index (χ3v) is 14.1. The monoisotopic (exact) mass is 1370 g/mol. The molecule has 24 nitrogen and oxygen atoms in total. The van der Waals surface area contributed by atoms with Crippen molar-refractivity contribution in [1.29, 1.82) is 0 Å². The van der Waals surface area contributed by atoms with Gasteiger partial charge in [-0.25, -0.2) is 24.4 Å². The van der Waals surface area contributed by atoms with E-state index in [1.807, 2.05) is 66.7 Å². The third-order valence-electron chi connectivity index (χ3n) is 13.0. The summed E-state index contributed by atoms with van der Waals surface area (Å²) < 4.78 is 10.6. The van der Waals surface area contributed by atoms with Crippen LogP contribution in [0.5, 0.6) is 0 Å². The van der Waals surface area contributed by atoms with Gasteiger partial charge in [0.05, 0.1) is 55.7 Å². The summed E-state index contributed by atoms with van der Waals surface area (Å²) in [5.41, 5.74) is 20.4. The lowest BCUT2D eigenvalue weighted by molar-refractivity contribution is -0.147. The largest absolute Gasteiger partial charge is 0.480 e.